The van der Waals surface area contributed by atoms with Crippen molar-refractivity contribution >= 4 is 40.6 Å². The van der Waals surface area contributed by atoms with Gasteiger partial charge in [-0.05, 0) is 60.2 Å². The molecule has 4 nitrogen and oxygen atoms in total. The van der Waals surface area contributed by atoms with Gasteiger partial charge in [0.1, 0.15) is 18.2 Å². The van der Waals surface area contributed by atoms with Gasteiger partial charge < -0.3 is 4.74 Å². The summed E-state index contributed by atoms with van der Waals surface area (Å²) in [4.78, 5) is 26.8. The van der Waals surface area contributed by atoms with E-state index in [4.69, 9.17) is 16.3 Å². The van der Waals surface area contributed by atoms with E-state index >= 15 is 0 Å². The zero-order chi connectivity index (χ0) is 22.7. The number of halogens is 2. The summed E-state index contributed by atoms with van der Waals surface area (Å²) < 4.78 is 19.6. The summed E-state index contributed by atoms with van der Waals surface area (Å²) in [5.74, 6) is -0.266. The zero-order valence-electron chi connectivity index (χ0n) is 17.2. The number of benzene rings is 3. The number of amides is 2. The fraction of sp³-hybridized carbons (Fsp3) is 0.120. The highest BCUT2D eigenvalue weighted by Gasteiger charge is 2.34. The van der Waals surface area contributed by atoms with Gasteiger partial charge in [-0.3, -0.25) is 14.5 Å². The quantitative estimate of drug-likeness (QED) is 0.383. The molecule has 0 radical (unpaired) electrons. The lowest BCUT2D eigenvalue weighted by atomic mass is 10.1. The Balaban J connectivity index is 1.47. The molecule has 1 aliphatic rings. The second-order valence-electron chi connectivity index (χ2n) is 7.31. The highest BCUT2D eigenvalue weighted by Crippen LogP contribution is 2.34. The number of hydrogen-bond acceptors (Lipinski definition) is 4. The van der Waals surface area contributed by atoms with Crippen LogP contribution in [0.3, 0.4) is 0 Å². The van der Waals surface area contributed by atoms with Gasteiger partial charge >= 0.3 is 0 Å². The minimum Gasteiger partial charge on any atom is -0.489 e. The van der Waals surface area contributed by atoms with Gasteiger partial charge in [0.25, 0.3) is 11.1 Å². The van der Waals surface area contributed by atoms with E-state index in [9.17, 15) is 14.0 Å². The second kappa shape index (κ2) is 9.59. The van der Waals surface area contributed by atoms with Gasteiger partial charge in [0, 0.05) is 5.56 Å². The topological polar surface area (TPSA) is 46.6 Å². The van der Waals surface area contributed by atoms with Gasteiger partial charge in [0.2, 0.25) is 0 Å². The molecule has 0 aromatic heterocycles. The van der Waals surface area contributed by atoms with Crippen molar-refractivity contribution in [2.24, 2.45) is 0 Å². The van der Waals surface area contributed by atoms with Gasteiger partial charge in [-0.15, -0.1) is 0 Å². The molecule has 0 unspecified atom stereocenters. The molecule has 1 aliphatic heterocycles. The van der Waals surface area contributed by atoms with Crippen LogP contribution in [-0.4, -0.2) is 16.0 Å². The van der Waals surface area contributed by atoms with E-state index in [2.05, 4.69) is 0 Å². The molecule has 162 valence electrons. The molecule has 3 aromatic rings. The van der Waals surface area contributed by atoms with E-state index in [1.165, 1.54) is 17.0 Å². The third-order valence-corrected chi connectivity index (χ3v) is 6.20. The fourth-order valence-corrected chi connectivity index (χ4v) is 4.24. The first kappa shape index (κ1) is 22.1. The summed E-state index contributed by atoms with van der Waals surface area (Å²) >= 11 is 6.95. The Kier molecular flexibility index (Phi) is 6.63. The standard InChI is InChI=1S/C25H19ClFNO3S/c1-16-8-10-17(11-9-16)14-28-24(29)23(32-25(28)30)13-18-4-2-5-19(12-18)31-15-20-21(26)6-3-7-22(20)27/h2-13H,14-15H2,1H3/b23-13+. The summed E-state index contributed by atoms with van der Waals surface area (Å²) in [7, 11) is 0. The number of ether oxygens (including phenoxy) is 1. The van der Waals surface area contributed by atoms with Crippen molar-refractivity contribution in [2.45, 2.75) is 20.1 Å². The van der Waals surface area contributed by atoms with Crippen molar-refractivity contribution in [2.75, 3.05) is 0 Å². The minimum atomic E-state index is -0.434. The zero-order valence-corrected chi connectivity index (χ0v) is 18.8. The van der Waals surface area contributed by atoms with Crippen LogP contribution in [0.4, 0.5) is 9.18 Å². The van der Waals surface area contributed by atoms with Crippen molar-refractivity contribution in [3.63, 3.8) is 0 Å². The van der Waals surface area contributed by atoms with E-state index in [1.807, 2.05) is 31.2 Å². The van der Waals surface area contributed by atoms with Gasteiger partial charge in [0.15, 0.2) is 0 Å². The van der Waals surface area contributed by atoms with Crippen LogP contribution in [0.5, 0.6) is 5.75 Å². The van der Waals surface area contributed by atoms with E-state index < -0.39 is 5.82 Å². The predicted molar refractivity (Wildman–Crippen MR) is 125 cm³/mol. The number of nitrogens with zero attached hydrogens (tertiary/aromatic N) is 1. The van der Waals surface area contributed by atoms with E-state index in [0.29, 0.717) is 21.2 Å². The molecular weight excluding hydrogens is 449 g/mol. The molecule has 0 spiro atoms. The van der Waals surface area contributed by atoms with Crippen LogP contribution in [0.15, 0.2) is 71.6 Å². The summed E-state index contributed by atoms with van der Waals surface area (Å²) in [6.45, 7) is 2.19. The summed E-state index contributed by atoms with van der Waals surface area (Å²) in [6, 6.07) is 19.2. The van der Waals surface area contributed by atoms with Crippen LogP contribution in [-0.2, 0) is 17.9 Å². The normalized spacial score (nSPS) is 15.0. The number of carbonyl (C=O) groups excluding carboxylic acids is 2. The van der Waals surface area contributed by atoms with E-state index in [1.54, 1.807) is 36.4 Å². The Labute approximate surface area is 194 Å². The molecule has 0 saturated carbocycles. The molecule has 1 saturated heterocycles. The number of hydrogen-bond donors (Lipinski definition) is 0. The molecule has 1 fully saturated rings. The van der Waals surface area contributed by atoms with Crippen LogP contribution in [0.1, 0.15) is 22.3 Å². The third-order valence-electron chi connectivity index (χ3n) is 4.94. The molecule has 0 N–H and O–H groups in total. The summed E-state index contributed by atoms with van der Waals surface area (Å²) in [6.07, 6.45) is 1.66. The molecule has 4 rings (SSSR count). The highest BCUT2D eigenvalue weighted by molar-refractivity contribution is 8.18. The molecule has 1 heterocycles. The van der Waals surface area contributed by atoms with Crippen LogP contribution in [0.2, 0.25) is 5.02 Å². The molecular formula is C25H19ClFNO3S. The first-order valence-electron chi connectivity index (χ1n) is 9.87. The van der Waals surface area contributed by atoms with Crippen LogP contribution in [0.25, 0.3) is 6.08 Å². The SMILES string of the molecule is Cc1ccc(CN2C(=O)S/C(=C/c3cccc(OCc4c(F)cccc4Cl)c3)C2=O)cc1. The smallest absolute Gasteiger partial charge is 0.293 e. The maximum absolute atomic E-state index is 13.9. The lowest BCUT2D eigenvalue weighted by Crippen LogP contribution is -2.27. The van der Waals surface area contributed by atoms with Gasteiger partial charge in [0.05, 0.1) is 16.5 Å². The molecule has 3 aromatic carbocycles. The van der Waals surface area contributed by atoms with Crippen molar-refractivity contribution in [1.82, 2.24) is 4.90 Å². The Morgan fingerprint density at radius 3 is 2.56 bits per heavy atom. The maximum Gasteiger partial charge on any atom is 0.293 e. The Morgan fingerprint density at radius 2 is 1.81 bits per heavy atom. The van der Waals surface area contributed by atoms with Crippen molar-refractivity contribution in [1.29, 1.82) is 0 Å². The first-order valence-corrected chi connectivity index (χ1v) is 11.1. The molecule has 7 heteroatoms. The number of rotatable bonds is 6. The summed E-state index contributed by atoms with van der Waals surface area (Å²) in [5.41, 5.74) is 2.98. The fourth-order valence-electron chi connectivity index (χ4n) is 3.18. The first-order chi connectivity index (χ1) is 15.4. The molecule has 32 heavy (non-hydrogen) atoms. The Morgan fingerprint density at radius 1 is 1.06 bits per heavy atom. The number of thioether (sulfide) groups is 1. The second-order valence-corrected chi connectivity index (χ2v) is 8.72. The summed E-state index contributed by atoms with van der Waals surface area (Å²) in [5, 5.41) is -0.00757. The van der Waals surface area contributed by atoms with Crippen molar-refractivity contribution in [3.05, 3.63) is 105 Å². The average Bonchev–Trinajstić information content (AvgIpc) is 3.02. The predicted octanol–water partition coefficient (Wildman–Crippen LogP) is 6.60. The number of carbonyl (C=O) groups is 2. The Bertz CT molecular complexity index is 1190. The monoisotopic (exact) mass is 467 g/mol. The van der Waals surface area contributed by atoms with E-state index in [-0.39, 0.29) is 29.9 Å². The molecule has 0 aliphatic carbocycles. The van der Waals surface area contributed by atoms with Gasteiger partial charge in [-0.2, -0.15) is 0 Å². The molecule has 0 atom stereocenters. The van der Waals surface area contributed by atoms with E-state index in [0.717, 1.165) is 22.9 Å². The van der Waals surface area contributed by atoms with Gasteiger partial charge in [-0.1, -0.05) is 59.6 Å². The lowest BCUT2D eigenvalue weighted by molar-refractivity contribution is -0.123. The molecule has 0 bridgehead atoms. The van der Waals surface area contributed by atoms with Crippen LogP contribution in [0, 0.1) is 12.7 Å². The van der Waals surface area contributed by atoms with Crippen LogP contribution < -0.4 is 4.74 Å². The largest absolute Gasteiger partial charge is 0.489 e. The van der Waals surface area contributed by atoms with Crippen molar-refractivity contribution < 1.29 is 18.7 Å². The Hall–Kier alpha value is -3.09. The highest BCUT2D eigenvalue weighted by atomic mass is 35.5. The van der Waals surface area contributed by atoms with Crippen LogP contribution >= 0.6 is 23.4 Å². The average molecular weight is 468 g/mol. The molecule has 2 amide bonds. The number of imide groups is 1. The third kappa shape index (κ3) is 5.03. The lowest BCUT2D eigenvalue weighted by Gasteiger charge is -2.12. The van der Waals surface area contributed by atoms with Crippen molar-refractivity contribution in [3.8, 4) is 5.75 Å². The maximum atomic E-state index is 13.9. The van der Waals surface area contributed by atoms with Gasteiger partial charge in [-0.25, -0.2) is 4.39 Å². The minimum absolute atomic E-state index is 0.0258. The number of aryl methyl sites for hydroxylation is 1.